The van der Waals surface area contributed by atoms with Crippen LogP contribution in [0.1, 0.15) is 19.4 Å². The minimum Gasteiger partial charge on any atom is -0.497 e. The fraction of sp³-hybridized carbons (Fsp3) is 0.455. The normalized spacial score (nSPS) is 11.2. The second-order valence-electron chi connectivity index (χ2n) is 3.73. The summed E-state index contributed by atoms with van der Waals surface area (Å²) in [4.78, 5) is 0. The third kappa shape index (κ3) is 2.39. The lowest BCUT2D eigenvalue weighted by Gasteiger charge is -2.19. The van der Waals surface area contributed by atoms with Gasteiger partial charge in [-0.25, -0.2) is 5.73 Å². The molecule has 1 aromatic rings. The lowest BCUT2D eigenvalue weighted by atomic mass is 9.95. The van der Waals surface area contributed by atoms with Crippen LogP contribution in [-0.4, -0.2) is 14.2 Å². The number of methoxy groups -OCH3 is 2. The van der Waals surface area contributed by atoms with E-state index in [1.165, 1.54) is 0 Å². The zero-order chi connectivity index (χ0) is 10.8. The molecule has 0 amide bonds. The van der Waals surface area contributed by atoms with Gasteiger partial charge in [-0.1, -0.05) is 0 Å². The zero-order valence-corrected chi connectivity index (χ0v) is 9.05. The molecule has 14 heavy (non-hydrogen) atoms. The van der Waals surface area contributed by atoms with E-state index < -0.39 is 5.54 Å². The molecule has 0 fully saturated rings. The van der Waals surface area contributed by atoms with Crippen LogP contribution in [0, 0.1) is 0 Å². The molecule has 0 heterocycles. The number of ether oxygens (including phenoxy) is 2. The van der Waals surface area contributed by atoms with Gasteiger partial charge in [-0.2, -0.15) is 0 Å². The van der Waals surface area contributed by atoms with Gasteiger partial charge >= 0.3 is 0 Å². The Morgan fingerprint density at radius 2 is 1.43 bits per heavy atom. The van der Waals surface area contributed by atoms with E-state index in [1.807, 2.05) is 26.0 Å². The SMILES string of the molecule is COc1cc(OC)cc(C(C)(C)[NH])c1. The van der Waals surface area contributed by atoms with Crippen molar-refractivity contribution in [3.63, 3.8) is 0 Å². The maximum atomic E-state index is 7.91. The van der Waals surface area contributed by atoms with E-state index in [0.717, 1.165) is 17.1 Å². The zero-order valence-electron chi connectivity index (χ0n) is 9.05. The molecule has 3 heteroatoms. The average molecular weight is 194 g/mol. The van der Waals surface area contributed by atoms with Crippen molar-refractivity contribution in [2.75, 3.05) is 14.2 Å². The van der Waals surface area contributed by atoms with Crippen molar-refractivity contribution in [1.82, 2.24) is 5.73 Å². The van der Waals surface area contributed by atoms with E-state index in [2.05, 4.69) is 0 Å². The summed E-state index contributed by atoms with van der Waals surface area (Å²) < 4.78 is 10.3. The van der Waals surface area contributed by atoms with E-state index in [1.54, 1.807) is 20.3 Å². The highest BCUT2D eigenvalue weighted by Crippen LogP contribution is 2.28. The average Bonchev–Trinajstić information content (AvgIpc) is 2.15. The lowest BCUT2D eigenvalue weighted by molar-refractivity contribution is 0.389. The first-order valence-corrected chi connectivity index (χ1v) is 4.46. The van der Waals surface area contributed by atoms with Gasteiger partial charge in [0.1, 0.15) is 11.5 Å². The van der Waals surface area contributed by atoms with Crippen LogP contribution in [0.25, 0.3) is 0 Å². The van der Waals surface area contributed by atoms with Gasteiger partial charge in [0.05, 0.1) is 19.8 Å². The Morgan fingerprint density at radius 3 is 1.71 bits per heavy atom. The smallest absolute Gasteiger partial charge is 0.122 e. The Hall–Kier alpha value is -1.22. The molecular formula is C11H16NO2. The summed E-state index contributed by atoms with van der Waals surface area (Å²) in [5.74, 6) is 1.44. The monoisotopic (exact) mass is 194 g/mol. The maximum absolute atomic E-state index is 7.91. The molecule has 0 aromatic heterocycles. The summed E-state index contributed by atoms with van der Waals surface area (Å²) in [6, 6.07) is 5.51. The molecule has 0 saturated carbocycles. The van der Waals surface area contributed by atoms with Crippen LogP contribution < -0.4 is 15.2 Å². The molecule has 0 unspecified atom stereocenters. The highest BCUT2D eigenvalue weighted by Gasteiger charge is 2.17. The third-order valence-corrected chi connectivity index (χ3v) is 2.07. The van der Waals surface area contributed by atoms with Crippen molar-refractivity contribution in [3.8, 4) is 11.5 Å². The second-order valence-corrected chi connectivity index (χ2v) is 3.73. The molecule has 0 spiro atoms. The van der Waals surface area contributed by atoms with Crippen molar-refractivity contribution in [1.29, 1.82) is 0 Å². The Labute approximate surface area is 84.8 Å². The van der Waals surface area contributed by atoms with Gasteiger partial charge in [0, 0.05) is 6.07 Å². The molecule has 0 bridgehead atoms. The van der Waals surface area contributed by atoms with E-state index >= 15 is 0 Å². The Morgan fingerprint density at radius 1 is 1.00 bits per heavy atom. The van der Waals surface area contributed by atoms with Gasteiger partial charge in [0.15, 0.2) is 0 Å². The largest absolute Gasteiger partial charge is 0.497 e. The number of nitrogens with one attached hydrogen (secondary N) is 1. The molecule has 0 atom stereocenters. The van der Waals surface area contributed by atoms with Gasteiger partial charge in [0.25, 0.3) is 0 Å². The van der Waals surface area contributed by atoms with Crippen molar-refractivity contribution in [3.05, 3.63) is 23.8 Å². The fourth-order valence-electron chi connectivity index (χ4n) is 1.17. The molecule has 1 rings (SSSR count). The van der Waals surface area contributed by atoms with Crippen LogP contribution in [0.5, 0.6) is 11.5 Å². The molecule has 0 aliphatic rings. The quantitative estimate of drug-likeness (QED) is 0.740. The Balaban J connectivity index is 3.17. The summed E-state index contributed by atoms with van der Waals surface area (Å²) in [6.45, 7) is 3.67. The highest BCUT2D eigenvalue weighted by atomic mass is 16.5. The summed E-state index contributed by atoms with van der Waals surface area (Å²) >= 11 is 0. The van der Waals surface area contributed by atoms with Crippen LogP contribution in [0.2, 0.25) is 0 Å². The molecule has 1 N–H and O–H groups in total. The van der Waals surface area contributed by atoms with E-state index in [9.17, 15) is 0 Å². The standard InChI is InChI=1S/C11H16NO2/c1-11(2,12)8-5-9(13-3)7-10(6-8)14-4/h5-7,12H,1-4H3. The van der Waals surface area contributed by atoms with Crippen LogP contribution in [0.4, 0.5) is 0 Å². The summed E-state index contributed by atoms with van der Waals surface area (Å²) in [7, 11) is 3.21. The lowest BCUT2D eigenvalue weighted by Crippen LogP contribution is -2.18. The Kier molecular flexibility index (Phi) is 3.01. The van der Waals surface area contributed by atoms with Crippen molar-refractivity contribution in [2.45, 2.75) is 19.4 Å². The van der Waals surface area contributed by atoms with Crippen molar-refractivity contribution < 1.29 is 9.47 Å². The van der Waals surface area contributed by atoms with Gasteiger partial charge in [-0.15, -0.1) is 0 Å². The van der Waals surface area contributed by atoms with Crippen LogP contribution in [0.15, 0.2) is 18.2 Å². The van der Waals surface area contributed by atoms with Gasteiger partial charge < -0.3 is 9.47 Å². The van der Waals surface area contributed by atoms with E-state index in [0.29, 0.717) is 0 Å². The highest BCUT2D eigenvalue weighted by molar-refractivity contribution is 5.40. The molecule has 1 radical (unpaired) electrons. The summed E-state index contributed by atoms with van der Waals surface area (Å²) in [5.41, 5.74) is 8.15. The third-order valence-electron chi connectivity index (χ3n) is 2.07. The molecule has 77 valence electrons. The fourth-order valence-corrected chi connectivity index (χ4v) is 1.17. The first-order valence-electron chi connectivity index (χ1n) is 4.46. The van der Waals surface area contributed by atoms with Crippen molar-refractivity contribution in [2.24, 2.45) is 0 Å². The summed E-state index contributed by atoms with van der Waals surface area (Å²) in [6.07, 6.45) is 0. The van der Waals surface area contributed by atoms with Gasteiger partial charge in [0.2, 0.25) is 0 Å². The second kappa shape index (κ2) is 3.88. The summed E-state index contributed by atoms with van der Waals surface area (Å²) in [5, 5.41) is 0. The predicted octanol–water partition coefficient (Wildman–Crippen LogP) is 2.22. The number of benzene rings is 1. The van der Waals surface area contributed by atoms with Crippen LogP contribution in [0.3, 0.4) is 0 Å². The molecule has 1 aromatic carbocycles. The molecule has 0 saturated heterocycles. The van der Waals surface area contributed by atoms with Gasteiger partial charge in [-0.3, -0.25) is 0 Å². The van der Waals surface area contributed by atoms with Crippen LogP contribution >= 0.6 is 0 Å². The number of hydrogen-bond donors (Lipinski definition) is 0. The first kappa shape index (κ1) is 10.9. The molecule has 0 aliphatic heterocycles. The van der Waals surface area contributed by atoms with Gasteiger partial charge in [-0.05, 0) is 31.5 Å². The molecule has 0 aliphatic carbocycles. The van der Waals surface area contributed by atoms with Crippen LogP contribution in [-0.2, 0) is 5.54 Å². The van der Waals surface area contributed by atoms with E-state index in [-0.39, 0.29) is 0 Å². The maximum Gasteiger partial charge on any atom is 0.122 e. The van der Waals surface area contributed by atoms with E-state index in [4.69, 9.17) is 15.2 Å². The topological polar surface area (TPSA) is 42.3 Å². The minimum atomic E-state index is -0.637. The first-order chi connectivity index (χ1) is 6.47. The number of rotatable bonds is 3. The predicted molar refractivity (Wildman–Crippen MR) is 55.7 cm³/mol. The van der Waals surface area contributed by atoms with Crippen molar-refractivity contribution >= 4 is 0 Å². The molecular weight excluding hydrogens is 178 g/mol. The number of hydrogen-bond acceptors (Lipinski definition) is 2. The minimum absolute atomic E-state index is 0.637. The molecule has 3 nitrogen and oxygen atoms in total. The Bertz CT molecular complexity index is 293.